The van der Waals surface area contributed by atoms with Gasteiger partial charge in [0.2, 0.25) is 0 Å². The van der Waals surface area contributed by atoms with E-state index < -0.39 is 0 Å². The van der Waals surface area contributed by atoms with E-state index in [1.807, 2.05) is 0 Å². The number of hydrogen-bond acceptors (Lipinski definition) is 3. The third kappa shape index (κ3) is 7.15. The average Bonchev–Trinajstić information content (AvgIpc) is 2.75. The maximum Gasteiger partial charge on any atom is 0.191 e. The Morgan fingerprint density at radius 3 is 2.33 bits per heavy atom. The lowest BCUT2D eigenvalue weighted by Gasteiger charge is -2.29. The summed E-state index contributed by atoms with van der Waals surface area (Å²) in [6.45, 7) is 10.2. The first-order valence-electron chi connectivity index (χ1n) is 8.10. The van der Waals surface area contributed by atoms with Crippen molar-refractivity contribution >= 4 is 29.9 Å². The zero-order valence-electron chi connectivity index (χ0n) is 13.3. The van der Waals surface area contributed by atoms with Crippen molar-refractivity contribution in [2.75, 3.05) is 52.5 Å². The van der Waals surface area contributed by atoms with Gasteiger partial charge >= 0.3 is 0 Å². The SMILES string of the molecule is CC(CN=C(N)N1CCCCCC1)CN1CCOCC1.I. The fourth-order valence-electron chi connectivity index (χ4n) is 2.93. The molecule has 0 aromatic heterocycles. The Bertz CT molecular complexity index is 300. The van der Waals surface area contributed by atoms with Crippen LogP contribution in [0.15, 0.2) is 4.99 Å². The smallest absolute Gasteiger partial charge is 0.191 e. The molecule has 124 valence electrons. The molecule has 0 saturated carbocycles. The number of morpholine rings is 1. The number of likely N-dealkylation sites (tertiary alicyclic amines) is 1. The second-order valence-electron chi connectivity index (χ2n) is 6.12. The summed E-state index contributed by atoms with van der Waals surface area (Å²) in [5.41, 5.74) is 6.14. The van der Waals surface area contributed by atoms with Crippen molar-refractivity contribution in [3.63, 3.8) is 0 Å². The highest BCUT2D eigenvalue weighted by Crippen LogP contribution is 2.09. The van der Waals surface area contributed by atoms with Crippen LogP contribution in [0.2, 0.25) is 0 Å². The van der Waals surface area contributed by atoms with Crippen molar-refractivity contribution in [2.24, 2.45) is 16.6 Å². The van der Waals surface area contributed by atoms with Gasteiger partial charge in [-0.2, -0.15) is 0 Å². The summed E-state index contributed by atoms with van der Waals surface area (Å²) < 4.78 is 5.37. The van der Waals surface area contributed by atoms with Crippen molar-refractivity contribution in [3.05, 3.63) is 0 Å². The molecule has 2 aliphatic rings. The van der Waals surface area contributed by atoms with Crippen LogP contribution >= 0.6 is 24.0 Å². The van der Waals surface area contributed by atoms with Gasteiger partial charge < -0.3 is 15.4 Å². The van der Waals surface area contributed by atoms with Crippen molar-refractivity contribution < 1.29 is 4.74 Å². The largest absolute Gasteiger partial charge is 0.379 e. The molecule has 2 N–H and O–H groups in total. The third-order valence-corrected chi connectivity index (χ3v) is 4.17. The second-order valence-corrected chi connectivity index (χ2v) is 6.12. The maximum atomic E-state index is 6.14. The van der Waals surface area contributed by atoms with Gasteiger partial charge in [-0.1, -0.05) is 19.8 Å². The van der Waals surface area contributed by atoms with Crippen LogP contribution in [0, 0.1) is 5.92 Å². The summed E-state index contributed by atoms with van der Waals surface area (Å²) in [6, 6.07) is 0. The highest BCUT2D eigenvalue weighted by atomic mass is 127. The van der Waals surface area contributed by atoms with E-state index in [0.29, 0.717) is 5.92 Å². The van der Waals surface area contributed by atoms with Crippen LogP contribution in [-0.4, -0.2) is 68.2 Å². The lowest BCUT2D eigenvalue weighted by Crippen LogP contribution is -2.40. The van der Waals surface area contributed by atoms with E-state index in [2.05, 4.69) is 21.7 Å². The first-order chi connectivity index (χ1) is 9.75. The molecule has 1 atom stereocenters. The van der Waals surface area contributed by atoms with Crippen molar-refractivity contribution in [1.29, 1.82) is 0 Å². The molecule has 0 radical (unpaired) electrons. The molecule has 2 saturated heterocycles. The second kappa shape index (κ2) is 10.6. The first kappa shape index (κ1) is 19.0. The van der Waals surface area contributed by atoms with Crippen LogP contribution in [0.4, 0.5) is 0 Å². The van der Waals surface area contributed by atoms with Gasteiger partial charge in [-0.3, -0.25) is 9.89 Å². The number of nitrogens with zero attached hydrogens (tertiary/aromatic N) is 3. The van der Waals surface area contributed by atoms with Gasteiger partial charge in [-0.05, 0) is 18.8 Å². The van der Waals surface area contributed by atoms with Crippen LogP contribution in [0.25, 0.3) is 0 Å². The van der Waals surface area contributed by atoms with E-state index in [-0.39, 0.29) is 24.0 Å². The summed E-state index contributed by atoms with van der Waals surface area (Å²) in [4.78, 5) is 9.34. The van der Waals surface area contributed by atoms with Crippen LogP contribution in [0.5, 0.6) is 0 Å². The molecular formula is C15H31IN4O. The van der Waals surface area contributed by atoms with Gasteiger partial charge in [0.15, 0.2) is 5.96 Å². The highest BCUT2D eigenvalue weighted by Gasteiger charge is 2.14. The number of nitrogens with two attached hydrogens (primary N) is 1. The van der Waals surface area contributed by atoms with E-state index in [9.17, 15) is 0 Å². The van der Waals surface area contributed by atoms with E-state index >= 15 is 0 Å². The zero-order chi connectivity index (χ0) is 14.2. The molecule has 0 aromatic carbocycles. The quantitative estimate of drug-likeness (QED) is 0.436. The number of aliphatic imine (C=N–C) groups is 1. The van der Waals surface area contributed by atoms with Gasteiger partial charge in [-0.25, -0.2) is 0 Å². The molecule has 2 aliphatic heterocycles. The molecular weight excluding hydrogens is 379 g/mol. The molecule has 5 nitrogen and oxygen atoms in total. The number of halogens is 1. The summed E-state index contributed by atoms with van der Waals surface area (Å²) in [7, 11) is 0. The minimum atomic E-state index is 0. The van der Waals surface area contributed by atoms with Crippen molar-refractivity contribution in [3.8, 4) is 0 Å². The fourth-order valence-corrected chi connectivity index (χ4v) is 2.93. The van der Waals surface area contributed by atoms with Crippen molar-refractivity contribution in [2.45, 2.75) is 32.6 Å². The molecule has 0 aromatic rings. The van der Waals surface area contributed by atoms with E-state index in [1.165, 1.54) is 25.7 Å². The minimum Gasteiger partial charge on any atom is -0.379 e. The summed E-state index contributed by atoms with van der Waals surface area (Å²) >= 11 is 0. The first-order valence-corrected chi connectivity index (χ1v) is 8.10. The molecule has 0 spiro atoms. The molecule has 2 fully saturated rings. The van der Waals surface area contributed by atoms with Crippen LogP contribution in [-0.2, 0) is 4.74 Å². The van der Waals surface area contributed by atoms with Crippen LogP contribution < -0.4 is 5.73 Å². The minimum absolute atomic E-state index is 0. The Kier molecular flexibility index (Phi) is 9.59. The lowest BCUT2D eigenvalue weighted by molar-refractivity contribution is 0.0323. The Balaban J connectivity index is 0.00000220. The predicted molar refractivity (Wildman–Crippen MR) is 98.4 cm³/mol. The number of hydrogen-bond donors (Lipinski definition) is 1. The van der Waals surface area contributed by atoms with E-state index in [1.54, 1.807) is 0 Å². The summed E-state index contributed by atoms with van der Waals surface area (Å²) in [5.74, 6) is 1.30. The molecule has 2 rings (SSSR count). The Labute approximate surface area is 146 Å². The van der Waals surface area contributed by atoms with Gasteiger partial charge in [-0.15, -0.1) is 24.0 Å². The monoisotopic (exact) mass is 410 g/mol. The number of ether oxygens (including phenoxy) is 1. The Morgan fingerprint density at radius 1 is 1.10 bits per heavy atom. The maximum absolute atomic E-state index is 6.14. The predicted octanol–water partition coefficient (Wildman–Crippen LogP) is 1.76. The summed E-state index contributed by atoms with van der Waals surface area (Å²) in [6.07, 6.45) is 5.16. The molecule has 0 amide bonds. The number of rotatable bonds is 4. The fraction of sp³-hybridized carbons (Fsp3) is 0.933. The van der Waals surface area contributed by atoms with Crippen molar-refractivity contribution in [1.82, 2.24) is 9.80 Å². The molecule has 2 heterocycles. The van der Waals surface area contributed by atoms with Crippen LogP contribution in [0.3, 0.4) is 0 Å². The standard InChI is InChI=1S/C15H30N4O.HI/c1-14(13-18-8-10-20-11-9-18)12-17-15(16)19-6-4-2-3-5-7-19;/h14H,2-13H2,1H3,(H2,16,17);1H. The van der Waals surface area contributed by atoms with Gasteiger partial charge in [0.25, 0.3) is 0 Å². The topological polar surface area (TPSA) is 54.1 Å². The van der Waals surface area contributed by atoms with E-state index in [0.717, 1.165) is 58.4 Å². The molecule has 6 heteroatoms. The van der Waals surface area contributed by atoms with Gasteiger partial charge in [0.05, 0.1) is 13.2 Å². The highest BCUT2D eigenvalue weighted by molar-refractivity contribution is 14.0. The third-order valence-electron chi connectivity index (χ3n) is 4.17. The Hall–Kier alpha value is -0.0800. The summed E-state index contributed by atoms with van der Waals surface area (Å²) in [5, 5.41) is 0. The molecule has 21 heavy (non-hydrogen) atoms. The van der Waals surface area contributed by atoms with Gasteiger partial charge in [0.1, 0.15) is 0 Å². The Morgan fingerprint density at radius 2 is 1.71 bits per heavy atom. The molecule has 0 aliphatic carbocycles. The lowest BCUT2D eigenvalue weighted by atomic mass is 10.1. The molecule has 0 bridgehead atoms. The van der Waals surface area contributed by atoms with Crippen LogP contribution in [0.1, 0.15) is 32.6 Å². The normalized spacial score (nSPS) is 23.3. The number of guanidine groups is 1. The average molecular weight is 410 g/mol. The van der Waals surface area contributed by atoms with Gasteiger partial charge in [0, 0.05) is 39.3 Å². The zero-order valence-corrected chi connectivity index (χ0v) is 15.6. The molecule has 1 unspecified atom stereocenters. The van der Waals surface area contributed by atoms with E-state index in [4.69, 9.17) is 10.5 Å².